The number of rotatable bonds is 5. The largest absolute Gasteiger partial charge is 0.311 e. The Morgan fingerprint density at radius 2 is 2.38 bits per heavy atom. The van der Waals surface area contributed by atoms with E-state index in [-0.39, 0.29) is 0 Å². The molecule has 0 spiro atoms. The number of nitrogens with zero attached hydrogens (tertiary/aromatic N) is 1. The van der Waals surface area contributed by atoms with E-state index >= 15 is 0 Å². The summed E-state index contributed by atoms with van der Waals surface area (Å²) < 4.78 is 24.5. The molecule has 1 saturated heterocycles. The van der Waals surface area contributed by atoms with Gasteiger partial charge in [-0.3, -0.25) is 0 Å². The standard InChI is InChI=1S/C10H16N2O2S2/c13-16(14)8-2-5-12(16)6-4-11-9-10-3-1-7-15-10/h1,3,7,11H,2,4-6,8-9H2. The van der Waals surface area contributed by atoms with E-state index in [1.165, 1.54) is 4.88 Å². The summed E-state index contributed by atoms with van der Waals surface area (Å²) in [6, 6.07) is 4.09. The third kappa shape index (κ3) is 3.04. The first kappa shape index (κ1) is 12.0. The smallest absolute Gasteiger partial charge is 0.214 e. The Morgan fingerprint density at radius 1 is 1.50 bits per heavy atom. The molecule has 0 bridgehead atoms. The van der Waals surface area contributed by atoms with E-state index in [0.29, 0.717) is 18.8 Å². The molecule has 0 unspecified atom stereocenters. The van der Waals surface area contributed by atoms with E-state index in [0.717, 1.165) is 19.5 Å². The predicted octanol–water partition coefficient (Wildman–Crippen LogP) is 0.873. The van der Waals surface area contributed by atoms with Gasteiger partial charge in [0.05, 0.1) is 5.75 Å². The van der Waals surface area contributed by atoms with Gasteiger partial charge in [0.1, 0.15) is 0 Å². The predicted molar refractivity (Wildman–Crippen MR) is 66.0 cm³/mol. The zero-order chi connectivity index (χ0) is 11.4. The monoisotopic (exact) mass is 260 g/mol. The zero-order valence-corrected chi connectivity index (χ0v) is 10.7. The first-order valence-corrected chi connectivity index (χ1v) is 7.88. The molecule has 0 atom stereocenters. The Balaban J connectivity index is 1.69. The number of thiophene rings is 1. The maximum absolute atomic E-state index is 11.5. The zero-order valence-electron chi connectivity index (χ0n) is 9.05. The van der Waals surface area contributed by atoms with Crippen LogP contribution in [0.15, 0.2) is 17.5 Å². The number of hydrogen-bond donors (Lipinski definition) is 1. The second-order valence-corrected chi connectivity index (χ2v) is 6.95. The fourth-order valence-corrected chi connectivity index (χ4v) is 3.97. The van der Waals surface area contributed by atoms with Gasteiger partial charge in [0, 0.05) is 31.1 Å². The third-order valence-corrected chi connectivity index (χ3v) is 5.45. The van der Waals surface area contributed by atoms with Gasteiger partial charge in [0.15, 0.2) is 0 Å². The van der Waals surface area contributed by atoms with Crippen LogP contribution in [-0.4, -0.2) is 38.1 Å². The summed E-state index contributed by atoms with van der Waals surface area (Å²) in [4.78, 5) is 1.28. The van der Waals surface area contributed by atoms with Crippen molar-refractivity contribution in [1.29, 1.82) is 0 Å². The van der Waals surface area contributed by atoms with Crippen molar-refractivity contribution in [2.75, 3.05) is 25.4 Å². The lowest BCUT2D eigenvalue weighted by atomic mass is 10.4. The van der Waals surface area contributed by atoms with Crippen molar-refractivity contribution in [2.24, 2.45) is 0 Å². The molecular weight excluding hydrogens is 244 g/mol. The Labute approximate surface area is 100 Å². The highest BCUT2D eigenvalue weighted by atomic mass is 32.2. The second kappa shape index (κ2) is 5.27. The molecule has 0 aliphatic carbocycles. The molecule has 90 valence electrons. The Hall–Kier alpha value is -0.430. The van der Waals surface area contributed by atoms with Gasteiger partial charge in [-0.2, -0.15) is 0 Å². The molecule has 4 nitrogen and oxygen atoms in total. The van der Waals surface area contributed by atoms with Gasteiger partial charge in [0.2, 0.25) is 10.0 Å². The normalized spacial score (nSPS) is 20.2. The highest BCUT2D eigenvalue weighted by molar-refractivity contribution is 7.89. The molecule has 0 saturated carbocycles. The topological polar surface area (TPSA) is 49.4 Å². The number of nitrogens with one attached hydrogen (secondary N) is 1. The lowest BCUT2D eigenvalue weighted by molar-refractivity contribution is 0.434. The molecule has 1 fully saturated rings. The van der Waals surface area contributed by atoms with Crippen molar-refractivity contribution < 1.29 is 8.42 Å². The summed E-state index contributed by atoms with van der Waals surface area (Å²) in [6.07, 6.45) is 0.771. The van der Waals surface area contributed by atoms with E-state index in [1.807, 2.05) is 11.4 Å². The second-order valence-electron chi connectivity index (χ2n) is 3.82. The highest BCUT2D eigenvalue weighted by Gasteiger charge is 2.27. The average Bonchev–Trinajstić information content (AvgIpc) is 2.83. The fourth-order valence-electron chi connectivity index (χ4n) is 1.77. The maximum Gasteiger partial charge on any atom is 0.214 e. The van der Waals surface area contributed by atoms with Crippen molar-refractivity contribution in [2.45, 2.75) is 13.0 Å². The summed E-state index contributed by atoms with van der Waals surface area (Å²) >= 11 is 1.71. The summed E-state index contributed by atoms with van der Waals surface area (Å²) in [7, 11) is -2.93. The summed E-state index contributed by atoms with van der Waals surface area (Å²) in [5.74, 6) is 0.317. The quantitative estimate of drug-likeness (QED) is 0.799. The Kier molecular flexibility index (Phi) is 3.96. The van der Waals surface area contributed by atoms with Crippen LogP contribution in [0.25, 0.3) is 0 Å². The summed E-state index contributed by atoms with van der Waals surface area (Å²) in [5, 5.41) is 5.30. The van der Waals surface area contributed by atoms with Crippen LogP contribution < -0.4 is 5.32 Å². The van der Waals surface area contributed by atoms with E-state index in [2.05, 4.69) is 11.4 Å². The summed E-state index contributed by atoms with van der Waals surface area (Å²) in [5.41, 5.74) is 0. The highest BCUT2D eigenvalue weighted by Crippen LogP contribution is 2.12. The van der Waals surface area contributed by atoms with Gasteiger partial charge >= 0.3 is 0 Å². The Bertz CT molecular complexity index is 414. The van der Waals surface area contributed by atoms with Gasteiger partial charge in [-0.1, -0.05) is 6.07 Å². The maximum atomic E-state index is 11.5. The molecule has 0 amide bonds. The minimum Gasteiger partial charge on any atom is -0.311 e. The van der Waals surface area contributed by atoms with Crippen LogP contribution in [0.1, 0.15) is 11.3 Å². The molecule has 1 aliphatic heterocycles. The van der Waals surface area contributed by atoms with Crippen LogP contribution in [-0.2, 0) is 16.6 Å². The van der Waals surface area contributed by atoms with Crippen molar-refractivity contribution in [3.05, 3.63) is 22.4 Å². The molecule has 0 aromatic carbocycles. The fraction of sp³-hybridized carbons (Fsp3) is 0.600. The van der Waals surface area contributed by atoms with Crippen LogP contribution in [0, 0.1) is 0 Å². The molecule has 1 N–H and O–H groups in total. The molecule has 1 aromatic rings. The van der Waals surface area contributed by atoms with Gasteiger partial charge in [-0.05, 0) is 17.9 Å². The first-order chi connectivity index (χ1) is 7.68. The minimum atomic E-state index is -2.93. The van der Waals surface area contributed by atoms with Gasteiger partial charge < -0.3 is 5.32 Å². The molecule has 0 radical (unpaired) electrons. The molecule has 1 aliphatic rings. The van der Waals surface area contributed by atoms with Gasteiger partial charge in [0.25, 0.3) is 0 Å². The van der Waals surface area contributed by atoms with E-state index in [9.17, 15) is 8.42 Å². The lowest BCUT2D eigenvalue weighted by Gasteiger charge is -2.14. The van der Waals surface area contributed by atoms with Crippen molar-refractivity contribution in [3.63, 3.8) is 0 Å². The van der Waals surface area contributed by atoms with Crippen LogP contribution in [0.5, 0.6) is 0 Å². The Morgan fingerprint density at radius 3 is 3.00 bits per heavy atom. The van der Waals surface area contributed by atoms with Gasteiger partial charge in [-0.25, -0.2) is 12.7 Å². The van der Waals surface area contributed by atoms with Crippen LogP contribution in [0.4, 0.5) is 0 Å². The SMILES string of the molecule is O=S1(=O)CCCN1CCNCc1cccs1. The van der Waals surface area contributed by atoms with E-state index < -0.39 is 10.0 Å². The average molecular weight is 260 g/mol. The third-order valence-electron chi connectivity index (χ3n) is 2.62. The number of sulfonamides is 1. The molecular formula is C10H16N2O2S2. The van der Waals surface area contributed by atoms with Crippen molar-refractivity contribution >= 4 is 21.4 Å². The minimum absolute atomic E-state index is 0.317. The first-order valence-electron chi connectivity index (χ1n) is 5.39. The van der Waals surface area contributed by atoms with Crippen LogP contribution in [0.3, 0.4) is 0 Å². The number of hydrogen-bond acceptors (Lipinski definition) is 4. The van der Waals surface area contributed by atoms with E-state index in [4.69, 9.17) is 0 Å². The molecule has 6 heteroatoms. The molecule has 1 aromatic heterocycles. The molecule has 2 heterocycles. The lowest BCUT2D eigenvalue weighted by Crippen LogP contribution is -2.33. The van der Waals surface area contributed by atoms with Crippen LogP contribution >= 0.6 is 11.3 Å². The van der Waals surface area contributed by atoms with Crippen molar-refractivity contribution in [1.82, 2.24) is 9.62 Å². The van der Waals surface area contributed by atoms with Gasteiger partial charge in [-0.15, -0.1) is 11.3 Å². The van der Waals surface area contributed by atoms with Crippen LogP contribution in [0.2, 0.25) is 0 Å². The van der Waals surface area contributed by atoms with Crippen molar-refractivity contribution in [3.8, 4) is 0 Å². The van der Waals surface area contributed by atoms with E-state index in [1.54, 1.807) is 15.6 Å². The summed E-state index contributed by atoms with van der Waals surface area (Å²) in [6.45, 7) is 2.82. The molecule has 2 rings (SSSR count). The molecule has 16 heavy (non-hydrogen) atoms.